The maximum Gasteiger partial charge on any atom is 0.288 e. The van der Waals surface area contributed by atoms with E-state index in [9.17, 15) is 13.6 Å². The molecule has 1 saturated carbocycles. The van der Waals surface area contributed by atoms with Gasteiger partial charge in [0.15, 0.2) is 5.82 Å². The van der Waals surface area contributed by atoms with Crippen LogP contribution in [0.5, 0.6) is 0 Å². The van der Waals surface area contributed by atoms with Gasteiger partial charge in [0.25, 0.3) is 5.76 Å². The van der Waals surface area contributed by atoms with Gasteiger partial charge in [0.1, 0.15) is 0 Å². The lowest BCUT2D eigenvalue weighted by Crippen LogP contribution is -2.18. The number of hydrogen-bond acceptors (Lipinski definition) is 6. The van der Waals surface area contributed by atoms with Crippen LogP contribution in [0.15, 0.2) is 34.3 Å². The Morgan fingerprint density at radius 2 is 1.93 bits per heavy atom. The SMILES string of the molecule is Nn1c(CCC2CCCCC2)nnc1SCC(=O)Nc1ccc(SC(F)F)cc1. The highest BCUT2D eigenvalue weighted by molar-refractivity contribution is 8.00. The minimum atomic E-state index is -2.46. The van der Waals surface area contributed by atoms with E-state index in [1.807, 2.05) is 0 Å². The van der Waals surface area contributed by atoms with Gasteiger partial charge in [-0.2, -0.15) is 8.78 Å². The number of hydrogen-bond donors (Lipinski definition) is 2. The van der Waals surface area contributed by atoms with E-state index in [1.165, 1.54) is 48.5 Å². The molecule has 29 heavy (non-hydrogen) atoms. The largest absolute Gasteiger partial charge is 0.336 e. The Hall–Kier alpha value is -1.81. The van der Waals surface area contributed by atoms with E-state index in [-0.39, 0.29) is 11.7 Å². The number of nitrogens with two attached hydrogens (primary N) is 1. The van der Waals surface area contributed by atoms with E-state index in [1.54, 1.807) is 24.3 Å². The number of aromatic nitrogens is 3. The molecule has 0 atom stereocenters. The standard InChI is InChI=1S/C19H25F2N5OS2/c20-18(21)29-15-9-7-14(8-10-15)23-17(27)12-28-19-25-24-16(26(19)22)11-6-13-4-2-1-3-5-13/h7-10,13,18H,1-6,11-12,22H2,(H,23,27). The Labute approximate surface area is 177 Å². The summed E-state index contributed by atoms with van der Waals surface area (Å²) in [6.45, 7) is 0. The summed E-state index contributed by atoms with van der Waals surface area (Å²) in [4.78, 5) is 12.6. The Kier molecular flexibility index (Phi) is 8.17. The van der Waals surface area contributed by atoms with E-state index in [0.29, 0.717) is 27.5 Å². The average molecular weight is 442 g/mol. The van der Waals surface area contributed by atoms with Crippen LogP contribution in [0, 0.1) is 5.92 Å². The minimum absolute atomic E-state index is 0.130. The molecule has 1 aliphatic rings. The fraction of sp³-hybridized carbons (Fsp3) is 0.526. The monoisotopic (exact) mass is 441 g/mol. The van der Waals surface area contributed by atoms with Crippen molar-refractivity contribution in [2.75, 3.05) is 16.9 Å². The van der Waals surface area contributed by atoms with Crippen molar-refractivity contribution in [3.05, 3.63) is 30.1 Å². The number of nitrogen functional groups attached to an aromatic ring is 1. The van der Waals surface area contributed by atoms with Crippen LogP contribution >= 0.6 is 23.5 Å². The highest BCUT2D eigenvalue weighted by Crippen LogP contribution is 2.28. The zero-order valence-electron chi connectivity index (χ0n) is 16.0. The maximum absolute atomic E-state index is 12.3. The van der Waals surface area contributed by atoms with Crippen LogP contribution in [0.2, 0.25) is 0 Å². The number of benzene rings is 1. The van der Waals surface area contributed by atoms with Crippen molar-refractivity contribution in [2.24, 2.45) is 5.92 Å². The first-order chi connectivity index (χ1) is 14.0. The summed E-state index contributed by atoms with van der Waals surface area (Å²) < 4.78 is 26.1. The van der Waals surface area contributed by atoms with Gasteiger partial charge in [-0.3, -0.25) is 4.79 Å². The number of thioether (sulfide) groups is 2. The molecule has 10 heteroatoms. The van der Waals surface area contributed by atoms with Crippen molar-refractivity contribution in [1.82, 2.24) is 14.9 Å². The Balaban J connectivity index is 1.44. The molecular weight excluding hydrogens is 416 g/mol. The second-order valence-electron chi connectivity index (χ2n) is 7.05. The van der Waals surface area contributed by atoms with Crippen molar-refractivity contribution < 1.29 is 13.6 Å². The zero-order valence-corrected chi connectivity index (χ0v) is 17.7. The van der Waals surface area contributed by atoms with E-state index < -0.39 is 5.76 Å². The lowest BCUT2D eigenvalue weighted by Gasteiger charge is -2.20. The molecule has 6 nitrogen and oxygen atoms in total. The lowest BCUT2D eigenvalue weighted by atomic mass is 9.86. The summed E-state index contributed by atoms with van der Waals surface area (Å²) in [6, 6.07) is 6.30. The average Bonchev–Trinajstić information content (AvgIpc) is 3.06. The third-order valence-electron chi connectivity index (χ3n) is 4.93. The number of aryl methyl sites for hydroxylation is 1. The van der Waals surface area contributed by atoms with Gasteiger partial charge in [0.05, 0.1) is 5.75 Å². The summed E-state index contributed by atoms with van der Waals surface area (Å²) in [7, 11) is 0. The summed E-state index contributed by atoms with van der Waals surface area (Å²) in [5, 5.41) is 11.5. The van der Waals surface area contributed by atoms with Crippen LogP contribution in [-0.4, -0.2) is 32.3 Å². The van der Waals surface area contributed by atoms with Crippen molar-refractivity contribution in [1.29, 1.82) is 0 Å². The number of nitrogens with one attached hydrogen (secondary N) is 1. The van der Waals surface area contributed by atoms with Gasteiger partial charge >= 0.3 is 0 Å². The van der Waals surface area contributed by atoms with Crippen molar-refractivity contribution in [3.63, 3.8) is 0 Å². The number of alkyl halides is 2. The van der Waals surface area contributed by atoms with Crippen molar-refractivity contribution in [2.45, 2.75) is 60.8 Å². The number of carbonyl (C=O) groups is 1. The molecule has 0 unspecified atom stereocenters. The summed E-state index contributed by atoms with van der Waals surface area (Å²) in [5.41, 5.74) is 0.552. The molecule has 0 bridgehead atoms. The second-order valence-corrected chi connectivity index (χ2v) is 9.06. The van der Waals surface area contributed by atoms with Gasteiger partial charge in [-0.1, -0.05) is 55.6 Å². The molecule has 0 radical (unpaired) electrons. The predicted molar refractivity (Wildman–Crippen MR) is 113 cm³/mol. The number of rotatable bonds is 9. The molecule has 0 aliphatic heterocycles. The first-order valence-electron chi connectivity index (χ1n) is 9.68. The number of anilines is 1. The van der Waals surface area contributed by atoms with Crippen LogP contribution < -0.4 is 11.2 Å². The molecule has 3 rings (SSSR count). The molecule has 1 aliphatic carbocycles. The molecule has 1 aromatic carbocycles. The van der Waals surface area contributed by atoms with E-state index in [0.717, 1.165) is 24.6 Å². The topological polar surface area (TPSA) is 85.8 Å². The lowest BCUT2D eigenvalue weighted by molar-refractivity contribution is -0.113. The molecule has 1 amide bonds. The first kappa shape index (κ1) is 21.9. The Bertz CT molecular complexity index is 794. The van der Waals surface area contributed by atoms with Gasteiger partial charge in [-0.05, 0) is 36.6 Å². The van der Waals surface area contributed by atoms with Crippen molar-refractivity contribution >= 4 is 35.1 Å². The third kappa shape index (κ3) is 6.88. The highest BCUT2D eigenvalue weighted by Gasteiger charge is 2.17. The van der Waals surface area contributed by atoms with E-state index >= 15 is 0 Å². The number of carbonyl (C=O) groups excluding carboxylic acids is 1. The van der Waals surface area contributed by atoms with Gasteiger partial charge in [-0.15, -0.1) is 10.2 Å². The van der Waals surface area contributed by atoms with Gasteiger partial charge in [0, 0.05) is 17.0 Å². The molecule has 158 valence electrons. The van der Waals surface area contributed by atoms with Crippen LogP contribution in [-0.2, 0) is 11.2 Å². The van der Waals surface area contributed by atoms with Crippen LogP contribution in [0.4, 0.5) is 14.5 Å². The summed E-state index contributed by atoms with van der Waals surface area (Å²) in [5.74, 6) is 5.01. The maximum atomic E-state index is 12.3. The van der Waals surface area contributed by atoms with E-state index in [2.05, 4.69) is 15.5 Å². The quantitative estimate of drug-likeness (QED) is 0.439. The van der Waals surface area contributed by atoms with Crippen LogP contribution in [0.3, 0.4) is 0 Å². The Morgan fingerprint density at radius 1 is 1.21 bits per heavy atom. The van der Waals surface area contributed by atoms with Crippen LogP contribution in [0.25, 0.3) is 0 Å². The highest BCUT2D eigenvalue weighted by atomic mass is 32.2. The van der Waals surface area contributed by atoms with E-state index in [4.69, 9.17) is 5.84 Å². The fourth-order valence-electron chi connectivity index (χ4n) is 3.43. The Morgan fingerprint density at radius 3 is 2.62 bits per heavy atom. The van der Waals surface area contributed by atoms with Crippen LogP contribution in [0.1, 0.15) is 44.3 Å². The molecule has 1 heterocycles. The number of amides is 1. The fourth-order valence-corrected chi connectivity index (χ4v) is 4.61. The summed E-state index contributed by atoms with van der Waals surface area (Å²) in [6.07, 6.45) is 8.38. The molecule has 0 saturated heterocycles. The smallest absolute Gasteiger partial charge is 0.288 e. The molecule has 1 aromatic heterocycles. The molecular formula is C19H25F2N5OS2. The number of nitrogens with zero attached hydrogens (tertiary/aromatic N) is 3. The molecule has 1 fully saturated rings. The number of halogens is 2. The predicted octanol–water partition coefficient (Wildman–Crippen LogP) is 4.55. The first-order valence-corrected chi connectivity index (χ1v) is 11.5. The zero-order chi connectivity index (χ0) is 20.6. The van der Waals surface area contributed by atoms with Crippen molar-refractivity contribution in [3.8, 4) is 0 Å². The summed E-state index contributed by atoms with van der Waals surface area (Å²) >= 11 is 1.69. The minimum Gasteiger partial charge on any atom is -0.336 e. The normalized spacial score (nSPS) is 15.0. The van der Waals surface area contributed by atoms with Gasteiger partial charge < -0.3 is 11.2 Å². The molecule has 0 spiro atoms. The van der Waals surface area contributed by atoms with Gasteiger partial charge in [0.2, 0.25) is 11.1 Å². The molecule has 2 aromatic rings. The molecule has 3 N–H and O–H groups in total. The second kappa shape index (κ2) is 10.8. The van der Waals surface area contributed by atoms with Gasteiger partial charge in [-0.25, -0.2) is 4.68 Å². The third-order valence-corrected chi connectivity index (χ3v) is 6.60.